The SMILES string of the molecule is O=C(CCn1ccc(C(=O)O)n1)Nc1nn(Cc2c(Cl)cccc2Cl)cc1Cl. The lowest BCUT2D eigenvalue weighted by Crippen LogP contribution is -2.16. The molecule has 0 saturated carbocycles. The van der Waals surface area contributed by atoms with Crippen LogP contribution in [-0.2, 0) is 17.9 Å². The number of halogens is 3. The summed E-state index contributed by atoms with van der Waals surface area (Å²) in [6.07, 6.45) is 3.12. The monoisotopic (exact) mass is 441 g/mol. The van der Waals surface area contributed by atoms with Crippen molar-refractivity contribution in [2.24, 2.45) is 0 Å². The first-order chi connectivity index (χ1) is 13.3. The Hall–Kier alpha value is -2.55. The number of aromatic nitrogens is 4. The standard InChI is InChI=1S/C17H14Cl3N5O3/c18-11-2-1-3-12(19)10(11)8-25-9-13(20)16(23-25)21-15(26)5-7-24-6-4-14(22-24)17(27)28/h1-4,6,9H,5,7-8H2,(H,27,28)(H,21,23,26). The summed E-state index contributed by atoms with van der Waals surface area (Å²) in [7, 11) is 0. The van der Waals surface area contributed by atoms with Gasteiger partial charge in [-0.2, -0.15) is 10.2 Å². The molecule has 0 aliphatic rings. The Morgan fingerprint density at radius 2 is 1.75 bits per heavy atom. The number of nitrogens with zero attached hydrogens (tertiary/aromatic N) is 4. The van der Waals surface area contributed by atoms with Crippen molar-refractivity contribution in [3.8, 4) is 0 Å². The van der Waals surface area contributed by atoms with Crippen molar-refractivity contribution >= 4 is 52.5 Å². The van der Waals surface area contributed by atoms with E-state index in [1.807, 2.05) is 0 Å². The Morgan fingerprint density at radius 3 is 2.39 bits per heavy atom. The molecule has 0 atom stereocenters. The van der Waals surface area contributed by atoms with Crippen LogP contribution in [0, 0.1) is 0 Å². The van der Waals surface area contributed by atoms with Gasteiger partial charge >= 0.3 is 5.97 Å². The number of anilines is 1. The summed E-state index contributed by atoms with van der Waals surface area (Å²) >= 11 is 18.5. The smallest absolute Gasteiger partial charge is 0.356 e. The lowest BCUT2D eigenvalue weighted by molar-refractivity contribution is -0.116. The third-order valence-corrected chi connectivity index (χ3v) is 4.77. The molecule has 0 saturated heterocycles. The van der Waals surface area contributed by atoms with Gasteiger partial charge in [0.15, 0.2) is 11.5 Å². The Balaban J connectivity index is 1.61. The zero-order valence-corrected chi connectivity index (χ0v) is 16.5. The molecule has 1 aromatic carbocycles. The predicted octanol–water partition coefficient (Wildman–Crippen LogP) is 3.82. The normalized spacial score (nSPS) is 10.8. The van der Waals surface area contributed by atoms with Gasteiger partial charge in [-0.25, -0.2) is 4.79 Å². The van der Waals surface area contributed by atoms with E-state index in [9.17, 15) is 9.59 Å². The number of hydrogen-bond acceptors (Lipinski definition) is 4. The van der Waals surface area contributed by atoms with E-state index < -0.39 is 5.97 Å². The molecule has 3 aromatic rings. The molecular formula is C17H14Cl3N5O3. The minimum Gasteiger partial charge on any atom is -0.476 e. The van der Waals surface area contributed by atoms with Crippen LogP contribution in [0.4, 0.5) is 5.82 Å². The highest BCUT2D eigenvalue weighted by molar-refractivity contribution is 6.36. The predicted molar refractivity (Wildman–Crippen MR) is 105 cm³/mol. The number of carbonyl (C=O) groups excluding carboxylic acids is 1. The Kier molecular flexibility index (Phi) is 6.23. The number of carboxylic acid groups (broad SMARTS) is 1. The van der Waals surface area contributed by atoms with Crippen LogP contribution >= 0.6 is 34.8 Å². The zero-order valence-electron chi connectivity index (χ0n) is 14.3. The maximum absolute atomic E-state index is 12.1. The second-order valence-electron chi connectivity index (χ2n) is 5.79. The quantitative estimate of drug-likeness (QED) is 0.579. The van der Waals surface area contributed by atoms with Crippen LogP contribution in [0.25, 0.3) is 0 Å². The van der Waals surface area contributed by atoms with Gasteiger partial charge in [-0.3, -0.25) is 14.2 Å². The van der Waals surface area contributed by atoms with Crippen LogP contribution in [0.5, 0.6) is 0 Å². The Labute approximate surface area is 174 Å². The molecule has 0 fully saturated rings. The molecule has 0 bridgehead atoms. The van der Waals surface area contributed by atoms with E-state index in [0.29, 0.717) is 22.2 Å². The Morgan fingerprint density at radius 1 is 1.04 bits per heavy atom. The maximum Gasteiger partial charge on any atom is 0.356 e. The highest BCUT2D eigenvalue weighted by Gasteiger charge is 2.14. The third kappa shape index (κ3) is 4.83. The number of nitrogens with one attached hydrogen (secondary N) is 1. The molecule has 11 heteroatoms. The van der Waals surface area contributed by atoms with Crippen molar-refractivity contribution in [2.75, 3.05) is 5.32 Å². The average molecular weight is 443 g/mol. The minimum absolute atomic E-state index is 0.0697. The van der Waals surface area contributed by atoms with Crippen molar-refractivity contribution in [1.82, 2.24) is 19.6 Å². The van der Waals surface area contributed by atoms with E-state index in [2.05, 4.69) is 15.5 Å². The molecule has 2 heterocycles. The van der Waals surface area contributed by atoms with Crippen LogP contribution in [0.3, 0.4) is 0 Å². The van der Waals surface area contributed by atoms with Gasteiger partial charge in [-0.05, 0) is 18.2 Å². The van der Waals surface area contributed by atoms with Crippen LogP contribution < -0.4 is 5.32 Å². The number of hydrogen-bond donors (Lipinski definition) is 2. The van der Waals surface area contributed by atoms with Crippen LogP contribution in [-0.4, -0.2) is 36.5 Å². The summed E-state index contributed by atoms with van der Waals surface area (Å²) < 4.78 is 2.90. The average Bonchev–Trinajstić information content (AvgIpc) is 3.24. The largest absolute Gasteiger partial charge is 0.476 e. The maximum atomic E-state index is 12.1. The molecule has 8 nitrogen and oxygen atoms in total. The van der Waals surface area contributed by atoms with Crippen molar-refractivity contribution < 1.29 is 14.7 Å². The van der Waals surface area contributed by atoms with Gasteiger partial charge in [0.25, 0.3) is 0 Å². The second-order valence-corrected chi connectivity index (χ2v) is 7.01. The molecular weight excluding hydrogens is 429 g/mol. The molecule has 2 N–H and O–H groups in total. The summed E-state index contributed by atoms with van der Waals surface area (Å²) in [4.78, 5) is 22.9. The topological polar surface area (TPSA) is 102 Å². The van der Waals surface area contributed by atoms with Gasteiger partial charge in [-0.15, -0.1) is 0 Å². The number of carboxylic acids is 1. The number of aromatic carboxylic acids is 1. The van der Waals surface area contributed by atoms with Gasteiger partial charge in [-0.1, -0.05) is 40.9 Å². The van der Waals surface area contributed by atoms with Gasteiger partial charge < -0.3 is 10.4 Å². The molecule has 0 aliphatic carbocycles. The van der Waals surface area contributed by atoms with Crippen LogP contribution in [0.1, 0.15) is 22.5 Å². The second kappa shape index (κ2) is 8.64. The van der Waals surface area contributed by atoms with E-state index in [1.54, 1.807) is 24.4 Å². The number of benzene rings is 1. The first kappa shape index (κ1) is 20.2. The summed E-state index contributed by atoms with van der Waals surface area (Å²) in [6, 6.07) is 6.55. The third-order valence-electron chi connectivity index (χ3n) is 3.78. The Bertz CT molecular complexity index is 1010. The highest BCUT2D eigenvalue weighted by Crippen LogP contribution is 2.26. The van der Waals surface area contributed by atoms with Crippen LogP contribution in [0.2, 0.25) is 15.1 Å². The summed E-state index contributed by atoms with van der Waals surface area (Å²) in [5.41, 5.74) is 0.608. The van der Waals surface area contributed by atoms with Crippen molar-refractivity contribution in [2.45, 2.75) is 19.5 Å². The molecule has 0 aliphatic heterocycles. The van der Waals surface area contributed by atoms with Gasteiger partial charge in [0, 0.05) is 41.0 Å². The van der Waals surface area contributed by atoms with Crippen molar-refractivity contribution in [3.05, 3.63) is 63.0 Å². The number of aryl methyl sites for hydroxylation is 1. The zero-order chi connectivity index (χ0) is 20.3. The van der Waals surface area contributed by atoms with E-state index >= 15 is 0 Å². The molecule has 2 aromatic heterocycles. The van der Waals surface area contributed by atoms with E-state index in [4.69, 9.17) is 39.9 Å². The number of amides is 1. The summed E-state index contributed by atoms with van der Waals surface area (Å²) in [6.45, 7) is 0.506. The fourth-order valence-corrected chi connectivity index (χ4v) is 3.13. The first-order valence-electron chi connectivity index (χ1n) is 8.06. The summed E-state index contributed by atoms with van der Waals surface area (Å²) in [5, 5.41) is 20.8. The highest BCUT2D eigenvalue weighted by atomic mass is 35.5. The molecule has 0 unspecified atom stereocenters. The van der Waals surface area contributed by atoms with Gasteiger partial charge in [0.2, 0.25) is 5.91 Å². The van der Waals surface area contributed by atoms with E-state index in [-0.39, 0.29) is 35.4 Å². The summed E-state index contributed by atoms with van der Waals surface area (Å²) in [5.74, 6) is -1.25. The molecule has 1 amide bonds. The van der Waals surface area contributed by atoms with Gasteiger partial charge in [0.05, 0.1) is 6.54 Å². The molecule has 0 spiro atoms. The number of carbonyl (C=O) groups is 2. The molecule has 0 radical (unpaired) electrons. The fraction of sp³-hybridized carbons (Fsp3) is 0.176. The van der Waals surface area contributed by atoms with Crippen molar-refractivity contribution in [3.63, 3.8) is 0 Å². The fourth-order valence-electron chi connectivity index (χ4n) is 2.42. The lowest BCUT2D eigenvalue weighted by Gasteiger charge is -2.07. The molecule has 28 heavy (non-hydrogen) atoms. The molecule has 3 rings (SSSR count). The molecule has 146 valence electrons. The van der Waals surface area contributed by atoms with E-state index in [1.165, 1.54) is 21.6 Å². The minimum atomic E-state index is -1.13. The van der Waals surface area contributed by atoms with Crippen molar-refractivity contribution in [1.29, 1.82) is 0 Å². The van der Waals surface area contributed by atoms with Crippen LogP contribution in [0.15, 0.2) is 36.7 Å². The number of rotatable bonds is 7. The lowest BCUT2D eigenvalue weighted by atomic mass is 10.2. The van der Waals surface area contributed by atoms with E-state index in [0.717, 1.165) is 0 Å². The first-order valence-corrected chi connectivity index (χ1v) is 9.19. The van der Waals surface area contributed by atoms with Gasteiger partial charge in [0.1, 0.15) is 5.02 Å².